The molecule has 1 heterocycles. The Kier molecular flexibility index (Phi) is 6.01. The van der Waals surface area contributed by atoms with E-state index in [0.717, 1.165) is 38.1 Å². The van der Waals surface area contributed by atoms with E-state index in [4.69, 9.17) is 0 Å². The highest BCUT2D eigenvalue weighted by atomic mass is 16.2. The summed E-state index contributed by atoms with van der Waals surface area (Å²) in [4.78, 5) is 26.7. The van der Waals surface area contributed by atoms with Crippen LogP contribution < -0.4 is 10.6 Å². The summed E-state index contributed by atoms with van der Waals surface area (Å²) in [6.45, 7) is 3.33. The van der Waals surface area contributed by atoms with Crippen LogP contribution in [0.25, 0.3) is 0 Å². The first kappa shape index (κ1) is 17.6. The van der Waals surface area contributed by atoms with Gasteiger partial charge in [0.2, 0.25) is 5.91 Å². The smallest absolute Gasteiger partial charge is 0.315 e. The van der Waals surface area contributed by atoms with Crippen molar-refractivity contribution >= 4 is 11.9 Å². The molecule has 0 aromatic carbocycles. The zero-order valence-electron chi connectivity index (χ0n) is 15.1. The number of rotatable bonds is 3. The van der Waals surface area contributed by atoms with E-state index >= 15 is 0 Å². The number of hydrogen-bond donors (Lipinski definition) is 2. The summed E-state index contributed by atoms with van der Waals surface area (Å²) in [7, 11) is 0. The Bertz CT molecular complexity index is 448. The fraction of sp³-hybridized carbons (Fsp3) is 0.895. The first-order chi connectivity index (χ1) is 11.6. The number of nitrogens with one attached hydrogen (secondary N) is 2. The number of urea groups is 1. The molecule has 5 heteroatoms. The third kappa shape index (κ3) is 4.42. The molecular formula is C19H33N3O2. The normalized spacial score (nSPS) is 31.2. The predicted octanol–water partition coefficient (Wildman–Crippen LogP) is 3.05. The molecule has 1 aliphatic heterocycles. The van der Waals surface area contributed by atoms with E-state index in [9.17, 15) is 9.59 Å². The molecule has 0 spiro atoms. The summed E-state index contributed by atoms with van der Waals surface area (Å²) in [5, 5.41) is 5.81. The molecule has 1 saturated heterocycles. The first-order valence-corrected chi connectivity index (χ1v) is 9.97. The molecule has 136 valence electrons. The van der Waals surface area contributed by atoms with Gasteiger partial charge in [0, 0.05) is 18.6 Å². The Hall–Kier alpha value is -1.26. The van der Waals surface area contributed by atoms with E-state index in [1.807, 2.05) is 0 Å². The molecule has 24 heavy (non-hydrogen) atoms. The largest absolute Gasteiger partial charge is 0.338 e. The lowest BCUT2D eigenvalue weighted by Gasteiger charge is -2.45. The van der Waals surface area contributed by atoms with Gasteiger partial charge in [0.25, 0.3) is 0 Å². The molecule has 3 aliphatic rings. The summed E-state index contributed by atoms with van der Waals surface area (Å²) in [5.74, 6) is 1.56. The highest BCUT2D eigenvalue weighted by molar-refractivity contribution is 5.84. The second-order valence-corrected chi connectivity index (χ2v) is 8.14. The van der Waals surface area contributed by atoms with Gasteiger partial charge in [-0.3, -0.25) is 4.79 Å². The Labute approximate surface area is 145 Å². The molecule has 0 radical (unpaired) electrons. The number of carbonyl (C=O) groups excluding carboxylic acids is 2. The summed E-state index contributed by atoms with van der Waals surface area (Å²) in [6, 6.07) is 0.514. The van der Waals surface area contributed by atoms with Crippen LogP contribution in [0.15, 0.2) is 0 Å². The summed E-state index contributed by atoms with van der Waals surface area (Å²) < 4.78 is 0. The molecule has 0 aromatic heterocycles. The Balaban J connectivity index is 1.44. The quantitative estimate of drug-likeness (QED) is 0.833. The highest BCUT2D eigenvalue weighted by Crippen LogP contribution is 2.37. The van der Waals surface area contributed by atoms with E-state index in [1.165, 1.54) is 38.5 Å². The molecule has 3 rings (SSSR count). The van der Waals surface area contributed by atoms with Crippen molar-refractivity contribution in [1.29, 1.82) is 0 Å². The topological polar surface area (TPSA) is 61.4 Å². The van der Waals surface area contributed by atoms with Crippen molar-refractivity contribution in [3.8, 4) is 0 Å². The SMILES string of the molecule is C[C@@H]1CC[C@H]2[C@@H](CCCN2C(=O)CNC(=O)NC2CCCCC2)C1. The van der Waals surface area contributed by atoms with Crippen LogP contribution in [0.1, 0.15) is 71.1 Å². The second kappa shape index (κ2) is 8.21. The molecule has 2 aliphatic carbocycles. The molecule has 0 bridgehead atoms. The van der Waals surface area contributed by atoms with Gasteiger partial charge < -0.3 is 15.5 Å². The third-order valence-corrected chi connectivity index (χ3v) is 6.24. The Morgan fingerprint density at radius 2 is 1.79 bits per heavy atom. The Morgan fingerprint density at radius 3 is 2.58 bits per heavy atom. The molecule has 0 aromatic rings. The van der Waals surface area contributed by atoms with Gasteiger partial charge in [-0.2, -0.15) is 0 Å². The average molecular weight is 335 g/mol. The molecule has 3 amide bonds. The van der Waals surface area contributed by atoms with Crippen LogP contribution in [0, 0.1) is 11.8 Å². The van der Waals surface area contributed by atoms with Gasteiger partial charge >= 0.3 is 6.03 Å². The van der Waals surface area contributed by atoms with Gasteiger partial charge in [0.15, 0.2) is 0 Å². The van der Waals surface area contributed by atoms with Crippen LogP contribution in [0.3, 0.4) is 0 Å². The molecule has 2 N–H and O–H groups in total. The number of likely N-dealkylation sites (tertiary alicyclic amines) is 1. The minimum absolute atomic E-state index is 0.0954. The van der Waals surface area contributed by atoms with Crippen molar-refractivity contribution < 1.29 is 9.59 Å². The second-order valence-electron chi connectivity index (χ2n) is 8.14. The van der Waals surface area contributed by atoms with Crippen molar-refractivity contribution in [3.05, 3.63) is 0 Å². The van der Waals surface area contributed by atoms with Crippen LogP contribution >= 0.6 is 0 Å². The van der Waals surface area contributed by atoms with Crippen molar-refractivity contribution in [2.45, 2.75) is 83.2 Å². The lowest BCUT2D eigenvalue weighted by molar-refractivity contribution is -0.136. The third-order valence-electron chi connectivity index (χ3n) is 6.24. The van der Waals surface area contributed by atoms with Gasteiger partial charge in [0.05, 0.1) is 6.54 Å². The first-order valence-electron chi connectivity index (χ1n) is 9.97. The number of fused-ring (bicyclic) bond motifs is 1. The van der Waals surface area contributed by atoms with Crippen LogP contribution in [0.4, 0.5) is 4.79 Å². The lowest BCUT2D eigenvalue weighted by atomic mass is 9.74. The van der Waals surface area contributed by atoms with E-state index in [0.29, 0.717) is 12.0 Å². The molecular weight excluding hydrogens is 302 g/mol. The van der Waals surface area contributed by atoms with Gasteiger partial charge in [-0.1, -0.05) is 26.2 Å². The van der Waals surface area contributed by atoms with Gasteiger partial charge in [-0.25, -0.2) is 4.79 Å². The summed E-state index contributed by atoms with van der Waals surface area (Å²) in [6.07, 6.45) is 11.8. The maximum absolute atomic E-state index is 12.6. The molecule has 5 nitrogen and oxygen atoms in total. The van der Waals surface area contributed by atoms with E-state index in [2.05, 4.69) is 22.5 Å². The average Bonchev–Trinajstić information content (AvgIpc) is 2.59. The summed E-state index contributed by atoms with van der Waals surface area (Å²) >= 11 is 0. The summed E-state index contributed by atoms with van der Waals surface area (Å²) in [5.41, 5.74) is 0. The van der Waals surface area contributed by atoms with Crippen LogP contribution in [-0.2, 0) is 4.79 Å². The molecule has 3 atom stereocenters. The van der Waals surface area contributed by atoms with E-state index in [-0.39, 0.29) is 24.5 Å². The number of amides is 3. The maximum Gasteiger partial charge on any atom is 0.315 e. The number of hydrogen-bond acceptors (Lipinski definition) is 2. The highest BCUT2D eigenvalue weighted by Gasteiger charge is 2.37. The monoisotopic (exact) mass is 335 g/mol. The van der Waals surface area contributed by atoms with Gasteiger partial charge in [-0.15, -0.1) is 0 Å². The van der Waals surface area contributed by atoms with Crippen molar-refractivity contribution in [2.24, 2.45) is 11.8 Å². The lowest BCUT2D eigenvalue weighted by Crippen LogP contribution is -2.54. The van der Waals surface area contributed by atoms with Gasteiger partial charge in [0.1, 0.15) is 0 Å². The standard InChI is InChI=1S/C19H33N3O2/c1-14-9-10-17-15(12-14)6-5-11-22(17)18(23)13-20-19(24)21-16-7-3-2-4-8-16/h14-17H,2-13H2,1H3,(H2,20,21,24)/t14-,15+,17+/m1/s1. The van der Waals surface area contributed by atoms with E-state index in [1.54, 1.807) is 0 Å². The Morgan fingerprint density at radius 1 is 1.00 bits per heavy atom. The fourth-order valence-electron chi connectivity index (χ4n) is 4.94. The van der Waals surface area contributed by atoms with Crippen molar-refractivity contribution in [2.75, 3.05) is 13.1 Å². The van der Waals surface area contributed by atoms with Crippen LogP contribution in [0.5, 0.6) is 0 Å². The van der Waals surface area contributed by atoms with Crippen LogP contribution in [0.2, 0.25) is 0 Å². The zero-order valence-corrected chi connectivity index (χ0v) is 15.1. The molecule has 2 saturated carbocycles. The number of carbonyl (C=O) groups is 2. The fourth-order valence-corrected chi connectivity index (χ4v) is 4.94. The van der Waals surface area contributed by atoms with Gasteiger partial charge in [-0.05, 0) is 56.8 Å². The minimum Gasteiger partial charge on any atom is -0.338 e. The zero-order chi connectivity index (χ0) is 16.9. The minimum atomic E-state index is -0.180. The van der Waals surface area contributed by atoms with Crippen molar-refractivity contribution in [3.63, 3.8) is 0 Å². The van der Waals surface area contributed by atoms with E-state index < -0.39 is 0 Å². The number of nitrogens with zero attached hydrogens (tertiary/aromatic N) is 1. The molecule has 3 fully saturated rings. The number of piperidine rings is 1. The molecule has 0 unspecified atom stereocenters. The predicted molar refractivity (Wildman–Crippen MR) is 94.6 cm³/mol. The van der Waals surface area contributed by atoms with Crippen molar-refractivity contribution in [1.82, 2.24) is 15.5 Å². The maximum atomic E-state index is 12.6. The van der Waals surface area contributed by atoms with Crippen LogP contribution in [-0.4, -0.2) is 42.0 Å².